The lowest BCUT2D eigenvalue weighted by molar-refractivity contribution is -0.274. The van der Waals surface area contributed by atoms with Crippen LogP contribution in [0, 0.1) is 0 Å². The summed E-state index contributed by atoms with van der Waals surface area (Å²) in [5.41, 5.74) is 2.53. The number of hydrogen-bond acceptors (Lipinski definition) is 5. The van der Waals surface area contributed by atoms with Gasteiger partial charge in [0.25, 0.3) is 5.91 Å². The molecule has 2 heterocycles. The molecule has 6 nitrogen and oxygen atoms in total. The fourth-order valence-electron chi connectivity index (χ4n) is 3.17. The van der Waals surface area contributed by atoms with Gasteiger partial charge >= 0.3 is 6.36 Å². The maximum Gasteiger partial charge on any atom is 0.573 e. The van der Waals surface area contributed by atoms with Crippen molar-refractivity contribution in [2.45, 2.75) is 12.9 Å². The first-order chi connectivity index (χ1) is 14.4. The average Bonchev–Trinajstić information content (AvgIpc) is 2.95. The summed E-state index contributed by atoms with van der Waals surface area (Å²) in [6, 6.07) is 11.1. The number of carbonyl (C=O) groups is 1. The van der Waals surface area contributed by atoms with Crippen molar-refractivity contribution >= 4 is 5.91 Å². The third-order valence-corrected chi connectivity index (χ3v) is 4.53. The highest BCUT2D eigenvalue weighted by atomic mass is 19.4. The summed E-state index contributed by atoms with van der Waals surface area (Å²) >= 11 is 0. The first-order valence-electron chi connectivity index (χ1n) is 9.06. The average molecular weight is 415 g/mol. The summed E-state index contributed by atoms with van der Waals surface area (Å²) in [6.45, 7) is 1.04. The Labute approximate surface area is 169 Å². The van der Waals surface area contributed by atoms with Crippen LogP contribution in [0.25, 0.3) is 11.1 Å². The number of rotatable bonds is 3. The number of carbonyl (C=O) groups excluding carboxylic acids is 1. The summed E-state index contributed by atoms with van der Waals surface area (Å²) in [6.07, 6.45) is -0.368. The predicted octanol–water partition coefficient (Wildman–Crippen LogP) is 4.08. The van der Waals surface area contributed by atoms with E-state index in [0.717, 1.165) is 11.1 Å². The highest BCUT2D eigenvalue weighted by Crippen LogP contribution is 2.31. The van der Waals surface area contributed by atoms with E-state index in [1.807, 2.05) is 12.1 Å². The van der Waals surface area contributed by atoms with Crippen molar-refractivity contribution in [3.05, 3.63) is 72.3 Å². The predicted molar refractivity (Wildman–Crippen MR) is 101 cm³/mol. The Hall–Kier alpha value is -3.62. The lowest BCUT2D eigenvalue weighted by atomic mass is 10.0. The molecule has 3 aromatic rings. The number of fused-ring (bicyclic) bond motifs is 1. The normalized spacial score (nSPS) is 13.8. The van der Waals surface area contributed by atoms with Crippen LogP contribution in [0.15, 0.2) is 61.1 Å². The van der Waals surface area contributed by atoms with Crippen molar-refractivity contribution in [3.8, 4) is 22.6 Å². The lowest BCUT2D eigenvalue weighted by Crippen LogP contribution is -2.33. The number of benzene rings is 2. The highest BCUT2D eigenvalue weighted by molar-refractivity contribution is 5.92. The Morgan fingerprint density at radius 1 is 1.07 bits per heavy atom. The molecule has 4 rings (SSSR count). The Morgan fingerprint density at radius 2 is 1.83 bits per heavy atom. The van der Waals surface area contributed by atoms with E-state index in [1.54, 1.807) is 23.1 Å². The zero-order valence-electron chi connectivity index (χ0n) is 15.6. The second-order valence-corrected chi connectivity index (χ2v) is 6.56. The third-order valence-electron chi connectivity index (χ3n) is 4.53. The molecule has 154 valence electrons. The summed E-state index contributed by atoms with van der Waals surface area (Å²) in [7, 11) is 0. The van der Waals surface area contributed by atoms with Crippen LogP contribution in [-0.4, -0.2) is 40.3 Å². The number of ether oxygens (including phenoxy) is 2. The molecule has 0 atom stereocenters. The number of amides is 1. The first-order valence-corrected chi connectivity index (χ1v) is 9.06. The zero-order valence-corrected chi connectivity index (χ0v) is 15.6. The van der Waals surface area contributed by atoms with Gasteiger partial charge in [0.1, 0.15) is 23.8 Å². The van der Waals surface area contributed by atoms with Crippen molar-refractivity contribution in [3.63, 3.8) is 0 Å². The molecule has 0 radical (unpaired) electrons. The van der Waals surface area contributed by atoms with Gasteiger partial charge in [-0.25, -0.2) is 4.98 Å². The monoisotopic (exact) mass is 415 g/mol. The van der Waals surface area contributed by atoms with Gasteiger partial charge in [-0.2, -0.15) is 0 Å². The molecule has 1 aromatic heterocycles. The van der Waals surface area contributed by atoms with E-state index >= 15 is 0 Å². The third kappa shape index (κ3) is 4.51. The van der Waals surface area contributed by atoms with E-state index < -0.39 is 6.36 Å². The van der Waals surface area contributed by atoms with Gasteiger partial charge in [0.2, 0.25) is 0 Å². The molecule has 2 aromatic carbocycles. The molecule has 0 unspecified atom stereocenters. The molecule has 0 spiro atoms. The van der Waals surface area contributed by atoms with Crippen LogP contribution >= 0.6 is 0 Å². The molecule has 30 heavy (non-hydrogen) atoms. The van der Waals surface area contributed by atoms with Crippen LogP contribution in [0.1, 0.15) is 16.1 Å². The van der Waals surface area contributed by atoms with Crippen LogP contribution in [0.3, 0.4) is 0 Å². The second kappa shape index (κ2) is 8.02. The van der Waals surface area contributed by atoms with E-state index in [-0.39, 0.29) is 17.4 Å². The molecule has 0 N–H and O–H groups in total. The van der Waals surface area contributed by atoms with Crippen LogP contribution in [-0.2, 0) is 6.54 Å². The van der Waals surface area contributed by atoms with Crippen molar-refractivity contribution in [1.29, 1.82) is 0 Å². The first kappa shape index (κ1) is 19.7. The summed E-state index contributed by atoms with van der Waals surface area (Å²) < 4.78 is 46.7. The van der Waals surface area contributed by atoms with Crippen LogP contribution < -0.4 is 9.47 Å². The fraction of sp³-hybridized carbons (Fsp3) is 0.190. The second-order valence-electron chi connectivity index (χ2n) is 6.56. The van der Waals surface area contributed by atoms with Gasteiger partial charge in [0, 0.05) is 24.5 Å². The molecule has 0 fully saturated rings. The van der Waals surface area contributed by atoms with Gasteiger partial charge in [-0.05, 0) is 35.4 Å². The van der Waals surface area contributed by atoms with E-state index in [1.165, 1.54) is 30.7 Å². The molecule has 0 bridgehead atoms. The van der Waals surface area contributed by atoms with Crippen molar-refractivity contribution in [2.75, 3.05) is 13.2 Å². The SMILES string of the molecule is O=C(c1cnccn1)N1CCOc2ccc(-c3ccc(OC(F)(F)F)cc3)cc2C1. The molecule has 1 aliphatic heterocycles. The van der Waals surface area contributed by atoms with Gasteiger partial charge in [0.15, 0.2) is 0 Å². The van der Waals surface area contributed by atoms with Gasteiger partial charge in [0.05, 0.1) is 12.7 Å². The summed E-state index contributed by atoms with van der Waals surface area (Å²) in [4.78, 5) is 22.3. The topological polar surface area (TPSA) is 64.6 Å². The highest BCUT2D eigenvalue weighted by Gasteiger charge is 2.31. The smallest absolute Gasteiger partial charge is 0.491 e. The zero-order chi connectivity index (χ0) is 21.1. The van der Waals surface area contributed by atoms with E-state index in [9.17, 15) is 18.0 Å². The van der Waals surface area contributed by atoms with Crippen LogP contribution in [0.5, 0.6) is 11.5 Å². The molecule has 0 aliphatic carbocycles. The Kier molecular flexibility index (Phi) is 5.26. The Morgan fingerprint density at radius 3 is 2.53 bits per heavy atom. The van der Waals surface area contributed by atoms with E-state index in [2.05, 4.69) is 14.7 Å². The van der Waals surface area contributed by atoms with Crippen molar-refractivity contribution in [2.24, 2.45) is 0 Å². The number of alkyl halides is 3. The minimum Gasteiger partial charge on any atom is -0.491 e. The summed E-state index contributed by atoms with van der Waals surface area (Å²) in [5.74, 6) is 0.119. The van der Waals surface area contributed by atoms with Gasteiger partial charge in [-0.15, -0.1) is 13.2 Å². The number of nitrogens with zero attached hydrogens (tertiary/aromatic N) is 3. The standard InChI is InChI=1S/C21H16F3N3O3/c22-21(23,24)30-17-4-1-14(2-5-17)15-3-6-19-16(11-15)13-27(9-10-29-19)20(28)18-12-25-7-8-26-18/h1-8,11-12H,9-10,13H2. The number of hydrogen-bond donors (Lipinski definition) is 0. The minimum absolute atomic E-state index is 0.248. The maximum absolute atomic E-state index is 12.7. The van der Waals surface area contributed by atoms with Crippen molar-refractivity contribution < 1.29 is 27.4 Å². The fourth-order valence-corrected chi connectivity index (χ4v) is 3.17. The molecule has 0 saturated carbocycles. The van der Waals surface area contributed by atoms with Gasteiger partial charge in [-0.3, -0.25) is 9.78 Å². The molecule has 0 saturated heterocycles. The van der Waals surface area contributed by atoms with Crippen molar-refractivity contribution in [1.82, 2.24) is 14.9 Å². The molecule has 1 aliphatic rings. The van der Waals surface area contributed by atoms with Crippen LogP contribution in [0.4, 0.5) is 13.2 Å². The Bertz CT molecular complexity index is 1040. The van der Waals surface area contributed by atoms with E-state index in [4.69, 9.17) is 4.74 Å². The lowest BCUT2D eigenvalue weighted by Gasteiger charge is -2.19. The van der Waals surface area contributed by atoms with Gasteiger partial charge < -0.3 is 14.4 Å². The molecule has 1 amide bonds. The maximum atomic E-state index is 12.7. The molecule has 9 heteroatoms. The minimum atomic E-state index is -4.73. The number of aromatic nitrogens is 2. The molecular formula is C21H16F3N3O3. The largest absolute Gasteiger partial charge is 0.573 e. The van der Waals surface area contributed by atoms with Crippen LogP contribution in [0.2, 0.25) is 0 Å². The van der Waals surface area contributed by atoms with E-state index in [0.29, 0.717) is 31.0 Å². The number of halogens is 3. The Balaban J connectivity index is 1.57. The molecular weight excluding hydrogens is 399 g/mol. The quantitative estimate of drug-likeness (QED) is 0.645. The van der Waals surface area contributed by atoms with Gasteiger partial charge in [-0.1, -0.05) is 18.2 Å². The summed E-state index contributed by atoms with van der Waals surface area (Å²) in [5, 5.41) is 0.